The van der Waals surface area contributed by atoms with E-state index in [0.717, 1.165) is 42.6 Å². The van der Waals surface area contributed by atoms with Gasteiger partial charge in [0, 0.05) is 23.5 Å². The van der Waals surface area contributed by atoms with E-state index in [4.69, 9.17) is 11.6 Å². The van der Waals surface area contributed by atoms with Crippen LogP contribution in [-0.2, 0) is 5.41 Å². The number of hydrogen-bond acceptors (Lipinski definition) is 3. The maximum absolute atomic E-state index is 11.6. The molecule has 2 atom stereocenters. The van der Waals surface area contributed by atoms with Gasteiger partial charge in [-0.1, -0.05) is 68.8 Å². The number of nitrogens with zero attached hydrogens (tertiary/aromatic N) is 1. The summed E-state index contributed by atoms with van der Waals surface area (Å²) in [5.74, 6) is 0.673. The van der Waals surface area contributed by atoms with Crippen LogP contribution in [-0.4, -0.2) is 40.0 Å². The molecule has 2 unspecified atom stereocenters. The molecule has 4 heteroatoms. The Bertz CT molecular complexity index is 793. The molecule has 152 valence electrons. The molecule has 1 saturated heterocycles. The molecular formula is C24H32ClNO2. The molecule has 1 aliphatic heterocycles. The van der Waals surface area contributed by atoms with Crippen LogP contribution in [0.1, 0.15) is 46.1 Å². The molecular weight excluding hydrogens is 370 g/mol. The first-order chi connectivity index (χ1) is 13.1. The molecule has 0 amide bonds. The zero-order valence-corrected chi connectivity index (χ0v) is 18.1. The number of hydrogen-bond donors (Lipinski definition) is 2. The van der Waals surface area contributed by atoms with Crippen molar-refractivity contribution in [3.05, 3.63) is 59.1 Å². The highest BCUT2D eigenvalue weighted by Gasteiger charge is 2.49. The van der Waals surface area contributed by atoms with Crippen LogP contribution < -0.4 is 0 Å². The zero-order chi connectivity index (χ0) is 20.5. The number of benzene rings is 2. The fourth-order valence-electron chi connectivity index (χ4n) is 4.13. The van der Waals surface area contributed by atoms with Gasteiger partial charge in [-0.25, -0.2) is 0 Å². The van der Waals surface area contributed by atoms with Gasteiger partial charge in [0.05, 0.1) is 0 Å². The van der Waals surface area contributed by atoms with Crippen LogP contribution in [0.25, 0.3) is 11.1 Å². The van der Waals surface area contributed by atoms with Crippen molar-refractivity contribution < 1.29 is 10.2 Å². The monoisotopic (exact) mass is 401 g/mol. The summed E-state index contributed by atoms with van der Waals surface area (Å²) in [4.78, 5) is 2.02. The highest BCUT2D eigenvalue weighted by molar-refractivity contribution is 6.30. The predicted molar refractivity (Wildman–Crippen MR) is 117 cm³/mol. The van der Waals surface area contributed by atoms with Crippen molar-refractivity contribution in [3.8, 4) is 11.1 Å². The topological polar surface area (TPSA) is 43.7 Å². The zero-order valence-electron chi connectivity index (χ0n) is 17.3. The Labute approximate surface area is 174 Å². The molecule has 1 fully saturated rings. The van der Waals surface area contributed by atoms with E-state index in [1.165, 1.54) is 0 Å². The standard InChI is InChI=1S/C24H32ClNO2/c1-17-13-15-26(16-14-17)22(27)24(4,28)23(2,3)21-8-6-5-7-20(21)18-9-11-19(25)12-10-18/h5-12,17,22,27-28H,13-16H2,1-4H3. The number of likely N-dealkylation sites (tertiary alicyclic amines) is 1. The summed E-state index contributed by atoms with van der Waals surface area (Å²) in [6, 6.07) is 15.8. The van der Waals surface area contributed by atoms with Crippen molar-refractivity contribution in [2.75, 3.05) is 13.1 Å². The van der Waals surface area contributed by atoms with Crippen LogP contribution in [0, 0.1) is 5.92 Å². The second-order valence-corrected chi connectivity index (χ2v) is 9.35. The van der Waals surface area contributed by atoms with Gasteiger partial charge in [0.2, 0.25) is 0 Å². The summed E-state index contributed by atoms with van der Waals surface area (Å²) in [5, 5.41) is 23.4. The maximum atomic E-state index is 11.6. The van der Waals surface area contributed by atoms with Crippen LogP contribution in [0.4, 0.5) is 0 Å². The van der Waals surface area contributed by atoms with Crippen LogP contribution >= 0.6 is 11.6 Å². The van der Waals surface area contributed by atoms with Crippen LogP contribution in [0.15, 0.2) is 48.5 Å². The van der Waals surface area contributed by atoms with Gasteiger partial charge in [-0.05, 0) is 54.5 Å². The molecule has 2 aromatic rings. The van der Waals surface area contributed by atoms with Crippen molar-refractivity contribution in [3.63, 3.8) is 0 Å². The third-order valence-electron chi connectivity index (χ3n) is 6.69. The largest absolute Gasteiger partial charge is 0.385 e. The van der Waals surface area contributed by atoms with Crippen LogP contribution in [0.2, 0.25) is 5.02 Å². The summed E-state index contributed by atoms with van der Waals surface area (Å²) in [6.45, 7) is 9.65. The Morgan fingerprint density at radius 1 is 1.00 bits per heavy atom. The molecule has 0 saturated carbocycles. The lowest BCUT2D eigenvalue weighted by Gasteiger charge is -2.48. The van der Waals surface area contributed by atoms with E-state index in [2.05, 4.69) is 13.0 Å². The highest BCUT2D eigenvalue weighted by atomic mass is 35.5. The fourth-order valence-corrected chi connectivity index (χ4v) is 4.26. The van der Waals surface area contributed by atoms with Crippen molar-refractivity contribution in [2.24, 2.45) is 5.92 Å². The lowest BCUT2D eigenvalue weighted by atomic mass is 9.67. The summed E-state index contributed by atoms with van der Waals surface area (Å²) < 4.78 is 0. The van der Waals surface area contributed by atoms with Gasteiger partial charge >= 0.3 is 0 Å². The summed E-state index contributed by atoms with van der Waals surface area (Å²) in [6.07, 6.45) is 1.18. The minimum absolute atomic E-state index is 0.673. The Kier molecular flexibility index (Phi) is 6.21. The molecule has 1 heterocycles. The molecule has 0 aromatic heterocycles. The van der Waals surface area contributed by atoms with Crippen LogP contribution in [0.3, 0.4) is 0 Å². The lowest BCUT2D eigenvalue weighted by molar-refractivity contribution is -0.176. The molecule has 0 bridgehead atoms. The normalized spacial score (nSPS) is 20.0. The van der Waals surface area contributed by atoms with Gasteiger partial charge in [0.1, 0.15) is 11.8 Å². The number of rotatable bonds is 5. The molecule has 0 aliphatic carbocycles. The average molecular weight is 402 g/mol. The number of piperidine rings is 1. The minimum Gasteiger partial charge on any atom is -0.385 e. The van der Waals surface area contributed by atoms with Crippen molar-refractivity contribution in [2.45, 2.75) is 57.8 Å². The highest BCUT2D eigenvalue weighted by Crippen LogP contribution is 2.43. The average Bonchev–Trinajstić information content (AvgIpc) is 2.68. The van der Waals surface area contributed by atoms with E-state index in [0.29, 0.717) is 10.9 Å². The Morgan fingerprint density at radius 3 is 2.18 bits per heavy atom. The molecule has 0 spiro atoms. The third-order valence-corrected chi connectivity index (χ3v) is 6.94. The number of aliphatic hydroxyl groups excluding tert-OH is 1. The molecule has 3 rings (SSSR count). The van der Waals surface area contributed by atoms with Gasteiger partial charge in [0.15, 0.2) is 0 Å². The van der Waals surface area contributed by atoms with Crippen LogP contribution in [0.5, 0.6) is 0 Å². The van der Waals surface area contributed by atoms with Gasteiger partial charge in [-0.3, -0.25) is 4.90 Å². The predicted octanol–water partition coefficient (Wildman–Crippen LogP) is 5.09. The second kappa shape index (κ2) is 8.16. The van der Waals surface area contributed by atoms with E-state index in [9.17, 15) is 10.2 Å². The first-order valence-corrected chi connectivity index (χ1v) is 10.5. The Hall–Kier alpha value is -1.39. The summed E-state index contributed by atoms with van der Waals surface area (Å²) in [5.41, 5.74) is 1.10. The van der Waals surface area contributed by atoms with Crippen molar-refractivity contribution in [1.29, 1.82) is 0 Å². The fraction of sp³-hybridized carbons (Fsp3) is 0.500. The first kappa shape index (κ1) is 21.3. The van der Waals surface area contributed by atoms with E-state index >= 15 is 0 Å². The molecule has 0 radical (unpaired) electrons. The van der Waals surface area contributed by atoms with Gasteiger partial charge in [-0.2, -0.15) is 0 Å². The molecule has 2 N–H and O–H groups in total. The van der Waals surface area contributed by atoms with Gasteiger partial charge in [-0.15, -0.1) is 0 Å². The molecule has 28 heavy (non-hydrogen) atoms. The van der Waals surface area contributed by atoms with Gasteiger partial charge in [0.25, 0.3) is 0 Å². The SMILES string of the molecule is CC1CCN(C(O)C(C)(O)C(C)(C)c2ccccc2-c2ccc(Cl)cc2)CC1. The molecule has 2 aromatic carbocycles. The van der Waals surface area contributed by atoms with E-state index in [1.54, 1.807) is 6.92 Å². The number of aliphatic hydroxyl groups is 2. The van der Waals surface area contributed by atoms with E-state index < -0.39 is 17.2 Å². The van der Waals surface area contributed by atoms with E-state index in [-0.39, 0.29) is 0 Å². The maximum Gasteiger partial charge on any atom is 0.137 e. The molecule has 1 aliphatic rings. The van der Waals surface area contributed by atoms with Gasteiger partial charge < -0.3 is 10.2 Å². The van der Waals surface area contributed by atoms with Crippen molar-refractivity contribution in [1.82, 2.24) is 4.90 Å². The summed E-state index contributed by atoms with van der Waals surface area (Å²) in [7, 11) is 0. The summed E-state index contributed by atoms with van der Waals surface area (Å²) >= 11 is 6.06. The minimum atomic E-state index is -1.32. The molecule has 3 nitrogen and oxygen atoms in total. The van der Waals surface area contributed by atoms with Crippen molar-refractivity contribution >= 4 is 11.6 Å². The van der Waals surface area contributed by atoms with E-state index in [1.807, 2.05) is 61.2 Å². The Morgan fingerprint density at radius 2 is 1.57 bits per heavy atom. The Balaban J connectivity index is 1.96. The smallest absolute Gasteiger partial charge is 0.137 e. The lowest BCUT2D eigenvalue weighted by Crippen LogP contribution is -2.61. The quantitative estimate of drug-likeness (QED) is 0.733. The number of halogens is 1. The third kappa shape index (κ3) is 3.99. The second-order valence-electron chi connectivity index (χ2n) is 8.92. The first-order valence-electron chi connectivity index (χ1n) is 10.1.